The quantitative estimate of drug-likeness (QED) is 0.450. The summed E-state index contributed by atoms with van der Waals surface area (Å²) in [7, 11) is 0. The molecule has 0 saturated heterocycles. The summed E-state index contributed by atoms with van der Waals surface area (Å²) in [5.74, 6) is -0.341. The van der Waals surface area contributed by atoms with Crippen molar-refractivity contribution >= 4 is 63.7 Å². The number of hydrogen-bond acceptors (Lipinski definition) is 2. The molecule has 19 heavy (non-hydrogen) atoms. The van der Waals surface area contributed by atoms with Crippen molar-refractivity contribution in [3.05, 3.63) is 30.3 Å². The predicted molar refractivity (Wildman–Crippen MR) is 83.7 cm³/mol. The lowest BCUT2D eigenvalue weighted by Crippen LogP contribution is -2.55. The van der Waals surface area contributed by atoms with E-state index in [0.717, 1.165) is 5.69 Å². The number of thiocarbonyl (C=S) groups is 1. The molecule has 1 aromatic carbocycles. The van der Waals surface area contributed by atoms with E-state index in [1.807, 2.05) is 30.3 Å². The molecule has 1 rings (SSSR count). The number of benzene rings is 1. The molecule has 0 aliphatic rings. The number of amides is 1. The molecule has 1 aromatic rings. The average Bonchev–Trinajstić information content (AvgIpc) is 2.27. The second kappa shape index (κ2) is 7.14. The third-order valence-corrected chi connectivity index (χ3v) is 2.86. The Balaban J connectivity index is 2.64. The minimum Gasteiger partial charge on any atom is -0.339 e. The molecule has 8 heteroatoms. The number of para-hydroxylation sites is 1. The number of halogens is 3. The van der Waals surface area contributed by atoms with Gasteiger partial charge in [0.1, 0.15) is 6.17 Å². The molecule has 4 nitrogen and oxygen atoms in total. The Morgan fingerprint density at radius 3 is 2.26 bits per heavy atom. The van der Waals surface area contributed by atoms with Crippen molar-refractivity contribution in [2.24, 2.45) is 0 Å². The first-order valence-corrected chi connectivity index (χ1v) is 6.79. The molecule has 0 fully saturated rings. The SMILES string of the molecule is CC(=O)N[C@H](NC(=S)Nc1ccccc1)C(Cl)(Cl)Cl. The van der Waals surface area contributed by atoms with E-state index >= 15 is 0 Å². The van der Waals surface area contributed by atoms with Crippen LogP contribution < -0.4 is 16.0 Å². The van der Waals surface area contributed by atoms with Crippen LogP contribution in [0.2, 0.25) is 0 Å². The first-order chi connectivity index (χ1) is 8.79. The second-order valence-corrected chi connectivity index (χ2v) is 6.42. The van der Waals surface area contributed by atoms with Crippen molar-refractivity contribution in [1.82, 2.24) is 10.6 Å². The molecule has 1 amide bonds. The lowest BCUT2D eigenvalue weighted by Gasteiger charge is -2.27. The van der Waals surface area contributed by atoms with Crippen molar-refractivity contribution in [3.8, 4) is 0 Å². The maximum absolute atomic E-state index is 11.0. The van der Waals surface area contributed by atoms with E-state index in [9.17, 15) is 4.79 Å². The van der Waals surface area contributed by atoms with Crippen LogP contribution in [-0.2, 0) is 4.79 Å². The lowest BCUT2D eigenvalue weighted by molar-refractivity contribution is -0.119. The number of hydrogen-bond donors (Lipinski definition) is 3. The molecular formula is C11H12Cl3N3OS. The molecule has 0 aliphatic carbocycles. The van der Waals surface area contributed by atoms with E-state index in [4.69, 9.17) is 47.0 Å². The summed E-state index contributed by atoms with van der Waals surface area (Å²) < 4.78 is -1.73. The number of nitrogens with one attached hydrogen (secondary N) is 3. The summed E-state index contributed by atoms with van der Waals surface area (Å²) in [5, 5.41) is 8.34. The van der Waals surface area contributed by atoms with Gasteiger partial charge in [-0.1, -0.05) is 53.0 Å². The number of carbonyl (C=O) groups excluding carboxylic acids is 1. The average molecular weight is 341 g/mol. The van der Waals surface area contributed by atoms with Crippen LogP contribution >= 0.6 is 47.0 Å². The Morgan fingerprint density at radius 2 is 1.79 bits per heavy atom. The van der Waals surface area contributed by atoms with Gasteiger partial charge in [-0.15, -0.1) is 0 Å². The van der Waals surface area contributed by atoms with Gasteiger partial charge in [-0.05, 0) is 24.4 Å². The maximum atomic E-state index is 11.0. The highest BCUT2D eigenvalue weighted by molar-refractivity contribution is 7.80. The zero-order valence-electron chi connectivity index (χ0n) is 9.91. The number of anilines is 1. The molecule has 0 bridgehead atoms. The largest absolute Gasteiger partial charge is 0.339 e. The Kier molecular flexibility index (Phi) is 6.13. The number of rotatable bonds is 3. The molecule has 0 spiro atoms. The smallest absolute Gasteiger partial charge is 0.228 e. The van der Waals surface area contributed by atoms with Gasteiger partial charge >= 0.3 is 0 Å². The Hall–Kier alpha value is -0.750. The third kappa shape index (κ3) is 6.29. The third-order valence-electron chi connectivity index (χ3n) is 1.98. The highest BCUT2D eigenvalue weighted by atomic mass is 35.6. The van der Waals surface area contributed by atoms with E-state index in [1.165, 1.54) is 6.92 Å². The van der Waals surface area contributed by atoms with Crippen LogP contribution in [0.3, 0.4) is 0 Å². The van der Waals surface area contributed by atoms with Crippen molar-refractivity contribution in [1.29, 1.82) is 0 Å². The van der Waals surface area contributed by atoms with Gasteiger partial charge in [0, 0.05) is 12.6 Å². The van der Waals surface area contributed by atoms with Gasteiger partial charge in [-0.3, -0.25) is 4.79 Å². The van der Waals surface area contributed by atoms with Crippen molar-refractivity contribution < 1.29 is 4.79 Å². The second-order valence-electron chi connectivity index (χ2n) is 3.64. The summed E-state index contributed by atoms with van der Waals surface area (Å²) in [6.07, 6.45) is -0.932. The van der Waals surface area contributed by atoms with Gasteiger partial charge in [0.2, 0.25) is 9.70 Å². The normalized spacial score (nSPS) is 12.4. The number of alkyl halides is 3. The van der Waals surface area contributed by atoms with E-state index < -0.39 is 9.96 Å². The van der Waals surface area contributed by atoms with Gasteiger partial charge < -0.3 is 16.0 Å². The van der Waals surface area contributed by atoms with E-state index in [1.54, 1.807) is 0 Å². The topological polar surface area (TPSA) is 53.2 Å². The van der Waals surface area contributed by atoms with Gasteiger partial charge in [0.25, 0.3) is 0 Å². The summed E-state index contributed by atoms with van der Waals surface area (Å²) in [6, 6.07) is 9.24. The minimum absolute atomic E-state index is 0.233. The molecule has 0 aliphatic heterocycles. The lowest BCUT2D eigenvalue weighted by atomic mass is 10.3. The molecule has 0 heterocycles. The minimum atomic E-state index is -1.73. The van der Waals surface area contributed by atoms with Gasteiger partial charge in [-0.2, -0.15) is 0 Å². The molecule has 0 radical (unpaired) electrons. The van der Waals surface area contributed by atoms with Crippen LogP contribution in [0.4, 0.5) is 5.69 Å². The van der Waals surface area contributed by atoms with Gasteiger partial charge in [0.05, 0.1) is 0 Å². The fourth-order valence-electron chi connectivity index (χ4n) is 1.22. The summed E-state index contributed by atoms with van der Waals surface area (Å²) >= 11 is 22.4. The Morgan fingerprint density at radius 1 is 1.21 bits per heavy atom. The molecular weight excluding hydrogens is 329 g/mol. The highest BCUT2D eigenvalue weighted by Gasteiger charge is 2.33. The van der Waals surface area contributed by atoms with E-state index in [2.05, 4.69) is 16.0 Å². The van der Waals surface area contributed by atoms with Gasteiger partial charge in [0.15, 0.2) is 5.11 Å². The first-order valence-electron chi connectivity index (χ1n) is 5.25. The van der Waals surface area contributed by atoms with Crippen LogP contribution in [-0.4, -0.2) is 21.0 Å². The zero-order valence-corrected chi connectivity index (χ0v) is 13.0. The predicted octanol–water partition coefficient (Wildman–Crippen LogP) is 2.81. The molecule has 0 saturated carbocycles. The van der Waals surface area contributed by atoms with Crippen LogP contribution in [0.15, 0.2) is 30.3 Å². The van der Waals surface area contributed by atoms with Crippen LogP contribution in [0.25, 0.3) is 0 Å². The maximum Gasteiger partial charge on any atom is 0.228 e. The van der Waals surface area contributed by atoms with Crippen LogP contribution in [0.1, 0.15) is 6.92 Å². The molecule has 1 atom stereocenters. The van der Waals surface area contributed by atoms with Crippen LogP contribution in [0.5, 0.6) is 0 Å². The van der Waals surface area contributed by atoms with Crippen LogP contribution in [0, 0.1) is 0 Å². The van der Waals surface area contributed by atoms with E-state index in [0.29, 0.717) is 0 Å². The first kappa shape index (κ1) is 16.3. The standard InChI is InChI=1S/C11H12Cl3N3OS/c1-7(18)15-9(11(12,13)14)17-10(19)16-8-5-3-2-4-6-8/h2-6,9H,1H3,(H,15,18)(H2,16,17,19)/t9-/m1/s1. The highest BCUT2D eigenvalue weighted by Crippen LogP contribution is 2.29. The fourth-order valence-corrected chi connectivity index (χ4v) is 1.79. The van der Waals surface area contributed by atoms with Crippen molar-refractivity contribution in [2.45, 2.75) is 16.9 Å². The number of carbonyl (C=O) groups is 1. The molecule has 0 unspecified atom stereocenters. The fraction of sp³-hybridized carbons (Fsp3) is 0.273. The molecule has 104 valence electrons. The zero-order chi connectivity index (χ0) is 14.5. The summed E-state index contributed by atoms with van der Waals surface area (Å²) in [5.41, 5.74) is 0.783. The molecule has 0 aromatic heterocycles. The van der Waals surface area contributed by atoms with E-state index in [-0.39, 0.29) is 11.0 Å². The summed E-state index contributed by atoms with van der Waals surface area (Å²) in [6.45, 7) is 1.32. The molecule has 3 N–H and O–H groups in total. The van der Waals surface area contributed by atoms with Crippen molar-refractivity contribution in [2.75, 3.05) is 5.32 Å². The monoisotopic (exact) mass is 339 g/mol. The van der Waals surface area contributed by atoms with Crippen molar-refractivity contribution in [3.63, 3.8) is 0 Å². The van der Waals surface area contributed by atoms with Gasteiger partial charge in [-0.25, -0.2) is 0 Å². The Bertz CT molecular complexity index is 450. The Labute approximate surface area is 131 Å². The summed E-state index contributed by atoms with van der Waals surface area (Å²) in [4.78, 5) is 11.0.